The number of aliphatic hydroxyl groups is 10. The number of carboxylic acids is 1. The molecule has 10 atom stereocenters. The Morgan fingerprint density at radius 1 is 0.686 bits per heavy atom. The number of hydrogen-bond acceptors (Lipinski definition) is 17. The largest absolute Gasteiger partial charge is 0.480 e. The molecular weight excluding hydrogens is 686 g/mol. The lowest BCUT2D eigenvalue weighted by atomic mass is 10.0. The molecule has 1 aliphatic rings. The molecule has 0 saturated carbocycles. The van der Waals surface area contributed by atoms with Gasteiger partial charge in [0.15, 0.2) is 0 Å². The standard InChI is InChI=1S/C30H53N5O16/c31-9-3-1-6-17(30(50)51)33-29(49)16(32-22(42)13-35-23(43)7-8-24(35)44)5-2-4-10-34(11-18(38)25(45)27(47)20(40)14-36)12-19(39)26(46)28(48)21(41)15-37/h7-8,16-21,25-28,36-41,45-48H,1-6,9-15,31H2,(H,32,42)(H,33,49)(H,50,51)/t16-,17-,18-,19-,20+,21+,25+,26+,27+,28+/m0/s1. The Morgan fingerprint density at radius 2 is 1.14 bits per heavy atom. The Kier molecular flexibility index (Phi) is 21.0. The summed E-state index contributed by atoms with van der Waals surface area (Å²) in [6, 6.07) is -2.70. The number of hydrogen-bond donors (Lipinski definition) is 14. The molecule has 0 spiro atoms. The van der Waals surface area contributed by atoms with Crippen LogP contribution < -0.4 is 16.4 Å². The fourth-order valence-corrected chi connectivity index (χ4v) is 5.07. The van der Waals surface area contributed by atoms with E-state index >= 15 is 0 Å². The van der Waals surface area contributed by atoms with E-state index in [1.54, 1.807) is 0 Å². The highest BCUT2D eigenvalue weighted by atomic mass is 16.4. The molecule has 51 heavy (non-hydrogen) atoms. The van der Waals surface area contributed by atoms with Gasteiger partial charge in [-0.2, -0.15) is 0 Å². The van der Waals surface area contributed by atoms with Crippen LogP contribution in [0.15, 0.2) is 12.2 Å². The van der Waals surface area contributed by atoms with E-state index < -0.39 is 123 Å². The Balaban J connectivity index is 3.10. The van der Waals surface area contributed by atoms with Gasteiger partial charge in [-0.25, -0.2) is 4.79 Å². The minimum atomic E-state index is -2.00. The fourth-order valence-electron chi connectivity index (χ4n) is 5.07. The molecule has 0 aromatic heterocycles. The van der Waals surface area contributed by atoms with E-state index in [-0.39, 0.29) is 32.2 Å². The van der Waals surface area contributed by atoms with Crippen LogP contribution in [0.25, 0.3) is 0 Å². The maximum Gasteiger partial charge on any atom is 0.326 e. The zero-order valence-electron chi connectivity index (χ0n) is 28.1. The van der Waals surface area contributed by atoms with E-state index in [2.05, 4.69) is 10.6 Å². The molecule has 0 aromatic carbocycles. The zero-order chi connectivity index (χ0) is 38.8. The molecule has 0 aliphatic carbocycles. The van der Waals surface area contributed by atoms with Gasteiger partial charge in [0.25, 0.3) is 11.8 Å². The molecular formula is C30H53N5O16. The highest BCUT2D eigenvalue weighted by Crippen LogP contribution is 2.13. The van der Waals surface area contributed by atoms with Crippen LogP contribution in [-0.4, -0.2) is 202 Å². The van der Waals surface area contributed by atoms with Gasteiger partial charge < -0.3 is 72.5 Å². The average Bonchev–Trinajstić information content (AvgIpc) is 3.41. The van der Waals surface area contributed by atoms with Gasteiger partial charge in [-0.3, -0.25) is 29.0 Å². The van der Waals surface area contributed by atoms with Crippen molar-refractivity contribution in [2.24, 2.45) is 5.73 Å². The van der Waals surface area contributed by atoms with Gasteiger partial charge in [-0.1, -0.05) is 0 Å². The highest BCUT2D eigenvalue weighted by molar-refractivity contribution is 6.14. The van der Waals surface area contributed by atoms with Crippen LogP contribution >= 0.6 is 0 Å². The van der Waals surface area contributed by atoms with Gasteiger partial charge in [0.1, 0.15) is 55.3 Å². The Hall–Kier alpha value is -3.19. The summed E-state index contributed by atoms with van der Waals surface area (Å²) < 4.78 is 0. The second-order valence-corrected chi connectivity index (χ2v) is 12.3. The van der Waals surface area contributed by atoms with Crippen LogP contribution in [0, 0.1) is 0 Å². The topological polar surface area (TPSA) is 364 Å². The number of nitrogens with two attached hydrogens (primary N) is 1. The van der Waals surface area contributed by atoms with Crippen LogP contribution in [0.5, 0.6) is 0 Å². The highest BCUT2D eigenvalue weighted by Gasteiger charge is 2.35. The summed E-state index contributed by atoms with van der Waals surface area (Å²) in [7, 11) is 0. The van der Waals surface area contributed by atoms with E-state index in [4.69, 9.17) is 15.9 Å². The lowest BCUT2D eigenvalue weighted by Crippen LogP contribution is -2.53. The van der Waals surface area contributed by atoms with E-state index in [0.717, 1.165) is 12.2 Å². The van der Waals surface area contributed by atoms with Crippen LogP contribution in [0.3, 0.4) is 0 Å². The number of nitrogens with zero attached hydrogens (tertiary/aromatic N) is 2. The van der Waals surface area contributed by atoms with Crippen molar-refractivity contribution >= 4 is 29.6 Å². The van der Waals surface area contributed by atoms with Gasteiger partial charge in [0, 0.05) is 25.2 Å². The molecule has 0 saturated heterocycles. The Bertz CT molecular complexity index is 1100. The van der Waals surface area contributed by atoms with E-state index in [9.17, 15) is 69.9 Å². The number of aliphatic carboxylic acids is 1. The predicted octanol–water partition coefficient (Wildman–Crippen LogP) is -7.56. The molecule has 21 nitrogen and oxygen atoms in total. The van der Waals surface area contributed by atoms with Crippen molar-refractivity contribution in [2.45, 2.75) is 99.4 Å². The number of carbonyl (C=O) groups is 5. The third-order valence-electron chi connectivity index (χ3n) is 8.17. The van der Waals surface area contributed by atoms with Crippen molar-refractivity contribution in [3.63, 3.8) is 0 Å². The first-order valence-electron chi connectivity index (χ1n) is 16.4. The number of carbonyl (C=O) groups excluding carboxylic acids is 4. The van der Waals surface area contributed by atoms with Crippen molar-refractivity contribution in [3.8, 4) is 0 Å². The minimum absolute atomic E-state index is 0.0345. The van der Waals surface area contributed by atoms with Crippen LogP contribution in [-0.2, 0) is 24.0 Å². The van der Waals surface area contributed by atoms with Gasteiger partial charge in [-0.15, -0.1) is 0 Å². The summed E-state index contributed by atoms with van der Waals surface area (Å²) in [6.07, 6.45) is -12.4. The fraction of sp³-hybridized carbons (Fsp3) is 0.767. The summed E-state index contributed by atoms with van der Waals surface area (Å²) in [6.45, 7) is -3.48. The van der Waals surface area contributed by atoms with Crippen LogP contribution in [0.4, 0.5) is 0 Å². The number of carboxylic acid groups (broad SMARTS) is 1. The molecule has 1 rings (SSSR count). The summed E-state index contributed by atoms with van der Waals surface area (Å²) in [5.74, 6) is -4.63. The molecule has 1 aliphatic heterocycles. The number of imide groups is 1. The van der Waals surface area contributed by atoms with Crippen molar-refractivity contribution in [1.29, 1.82) is 0 Å². The predicted molar refractivity (Wildman–Crippen MR) is 173 cm³/mol. The number of aliphatic hydroxyl groups excluding tert-OH is 10. The van der Waals surface area contributed by atoms with Gasteiger partial charge in [0.05, 0.1) is 25.4 Å². The molecule has 15 N–H and O–H groups in total. The summed E-state index contributed by atoms with van der Waals surface area (Å²) in [5, 5.41) is 113. The van der Waals surface area contributed by atoms with Crippen molar-refractivity contribution in [1.82, 2.24) is 20.4 Å². The third kappa shape index (κ3) is 15.5. The minimum Gasteiger partial charge on any atom is -0.480 e. The molecule has 294 valence electrons. The van der Waals surface area contributed by atoms with Gasteiger partial charge in [-0.05, 0) is 51.6 Å². The van der Waals surface area contributed by atoms with Gasteiger partial charge >= 0.3 is 5.97 Å². The first-order valence-corrected chi connectivity index (χ1v) is 16.4. The maximum absolute atomic E-state index is 13.2. The van der Waals surface area contributed by atoms with Crippen molar-refractivity contribution in [3.05, 3.63) is 12.2 Å². The SMILES string of the molecule is NCCCC[C@H](NC(=O)[C@H](CCCCN(C[C@H](O)[C@@H](O)[C@H](O)[C@H](O)CO)C[C@H](O)[C@@H](O)[C@H](O)[C@H](O)CO)NC(=O)CN1C(=O)C=CC1=O)C(=O)O. The molecule has 0 radical (unpaired) electrons. The van der Waals surface area contributed by atoms with Crippen molar-refractivity contribution < 1.29 is 80.1 Å². The van der Waals surface area contributed by atoms with E-state index in [1.807, 2.05) is 0 Å². The number of unbranched alkanes of at least 4 members (excludes halogenated alkanes) is 2. The first-order chi connectivity index (χ1) is 24.0. The van der Waals surface area contributed by atoms with E-state index in [1.165, 1.54) is 4.90 Å². The third-order valence-corrected chi connectivity index (χ3v) is 8.17. The zero-order valence-corrected chi connectivity index (χ0v) is 28.1. The first kappa shape index (κ1) is 45.8. The lowest BCUT2D eigenvalue weighted by molar-refractivity contribution is -0.143. The number of rotatable bonds is 27. The molecule has 1 heterocycles. The Morgan fingerprint density at radius 3 is 1.59 bits per heavy atom. The van der Waals surface area contributed by atoms with Crippen LogP contribution in [0.2, 0.25) is 0 Å². The number of nitrogens with one attached hydrogen (secondary N) is 2. The Labute approximate surface area is 293 Å². The molecule has 0 fully saturated rings. The second kappa shape index (κ2) is 23.4. The molecule has 0 unspecified atom stereocenters. The van der Waals surface area contributed by atoms with Gasteiger partial charge in [0.2, 0.25) is 11.8 Å². The molecule has 0 aromatic rings. The molecule has 0 bridgehead atoms. The maximum atomic E-state index is 13.2. The van der Waals surface area contributed by atoms with Crippen LogP contribution in [0.1, 0.15) is 38.5 Å². The molecule has 21 heteroatoms. The number of amides is 4. The summed E-state index contributed by atoms with van der Waals surface area (Å²) in [5.41, 5.74) is 5.46. The smallest absolute Gasteiger partial charge is 0.326 e. The normalized spacial score (nSPS) is 19.2. The quantitative estimate of drug-likeness (QED) is 0.0275. The summed E-state index contributed by atoms with van der Waals surface area (Å²) >= 11 is 0. The monoisotopic (exact) mass is 739 g/mol. The summed E-state index contributed by atoms with van der Waals surface area (Å²) in [4.78, 5) is 63.5. The van der Waals surface area contributed by atoms with E-state index in [0.29, 0.717) is 24.3 Å². The molecule has 4 amide bonds. The lowest BCUT2D eigenvalue weighted by Gasteiger charge is -2.33. The van der Waals surface area contributed by atoms with Crippen molar-refractivity contribution in [2.75, 3.05) is 45.9 Å². The second-order valence-electron chi connectivity index (χ2n) is 12.3. The average molecular weight is 740 g/mol.